The second-order valence-electron chi connectivity index (χ2n) is 6.15. The molecule has 6 heteroatoms. The van der Waals surface area contributed by atoms with Crippen LogP contribution in [0.2, 0.25) is 5.02 Å². The highest BCUT2D eigenvalue weighted by Gasteiger charge is 2.20. The van der Waals surface area contributed by atoms with E-state index in [4.69, 9.17) is 16.3 Å². The lowest BCUT2D eigenvalue weighted by molar-refractivity contribution is 0.0636. The van der Waals surface area contributed by atoms with Crippen LogP contribution in [0, 0.1) is 5.82 Å². The molecule has 2 aromatic rings. The topological polar surface area (TPSA) is 55.4 Å². The third-order valence-electron chi connectivity index (χ3n) is 2.97. The minimum atomic E-state index is -0.696. The van der Waals surface area contributed by atoms with Gasteiger partial charge in [-0.3, -0.25) is 10.1 Å². The van der Waals surface area contributed by atoms with Crippen LogP contribution in [0.5, 0.6) is 0 Å². The van der Waals surface area contributed by atoms with Crippen molar-refractivity contribution in [2.24, 2.45) is 0 Å². The summed E-state index contributed by atoms with van der Waals surface area (Å²) in [6.07, 6.45) is -0.696. The molecule has 0 aliphatic carbocycles. The van der Waals surface area contributed by atoms with Crippen molar-refractivity contribution < 1.29 is 18.7 Å². The van der Waals surface area contributed by atoms with Gasteiger partial charge in [-0.15, -0.1) is 0 Å². The van der Waals surface area contributed by atoms with E-state index in [9.17, 15) is 14.0 Å². The molecule has 0 saturated heterocycles. The molecule has 1 N–H and O–H groups in total. The number of hydrogen-bond donors (Lipinski definition) is 1. The summed E-state index contributed by atoms with van der Waals surface area (Å²) in [7, 11) is 0. The quantitative estimate of drug-likeness (QED) is 0.788. The van der Waals surface area contributed by atoms with E-state index in [1.165, 1.54) is 36.4 Å². The molecule has 2 rings (SSSR count). The SMILES string of the molecule is CC(C)(C)OC(=O)Nc1cc(Cl)ccc1C(=O)c1ccc(F)cc1. The minimum Gasteiger partial charge on any atom is -0.444 e. The number of hydrogen-bond acceptors (Lipinski definition) is 3. The fourth-order valence-electron chi connectivity index (χ4n) is 1.99. The predicted octanol–water partition coefficient (Wildman–Crippen LogP) is 5.06. The van der Waals surface area contributed by atoms with Crippen molar-refractivity contribution >= 4 is 29.2 Å². The second-order valence-corrected chi connectivity index (χ2v) is 6.59. The number of benzene rings is 2. The molecule has 0 heterocycles. The van der Waals surface area contributed by atoms with Crippen molar-refractivity contribution in [3.05, 3.63) is 64.4 Å². The molecule has 0 unspecified atom stereocenters. The highest BCUT2D eigenvalue weighted by atomic mass is 35.5. The zero-order chi connectivity index (χ0) is 17.9. The molecule has 0 spiro atoms. The summed E-state index contributed by atoms with van der Waals surface area (Å²) in [5, 5.41) is 2.89. The summed E-state index contributed by atoms with van der Waals surface area (Å²) in [5.74, 6) is -0.799. The Bertz CT molecular complexity index is 767. The van der Waals surface area contributed by atoms with Crippen LogP contribution in [0.1, 0.15) is 36.7 Å². The summed E-state index contributed by atoms with van der Waals surface area (Å²) in [5.41, 5.74) is 0.0814. The molecule has 24 heavy (non-hydrogen) atoms. The van der Waals surface area contributed by atoms with Gasteiger partial charge in [0.15, 0.2) is 5.78 Å². The number of carbonyl (C=O) groups excluding carboxylic acids is 2. The summed E-state index contributed by atoms with van der Waals surface area (Å²) >= 11 is 5.95. The van der Waals surface area contributed by atoms with Gasteiger partial charge in [-0.2, -0.15) is 0 Å². The van der Waals surface area contributed by atoms with E-state index in [1.54, 1.807) is 26.8 Å². The molecule has 0 fully saturated rings. The maximum Gasteiger partial charge on any atom is 0.412 e. The van der Waals surface area contributed by atoms with Crippen molar-refractivity contribution in [3.63, 3.8) is 0 Å². The molecule has 0 atom stereocenters. The van der Waals surface area contributed by atoms with Crippen LogP contribution in [0.25, 0.3) is 0 Å². The second kappa shape index (κ2) is 7.01. The van der Waals surface area contributed by atoms with Gasteiger partial charge in [-0.25, -0.2) is 9.18 Å². The fraction of sp³-hybridized carbons (Fsp3) is 0.222. The molecule has 0 saturated carbocycles. The number of rotatable bonds is 3. The first-order chi connectivity index (χ1) is 11.2. The third kappa shape index (κ3) is 4.80. The van der Waals surface area contributed by atoms with E-state index in [1.807, 2.05) is 0 Å². The van der Waals surface area contributed by atoms with Crippen LogP contribution < -0.4 is 5.32 Å². The third-order valence-corrected chi connectivity index (χ3v) is 3.20. The van der Waals surface area contributed by atoms with Crippen molar-refractivity contribution in [3.8, 4) is 0 Å². The first kappa shape index (κ1) is 17.9. The van der Waals surface area contributed by atoms with Gasteiger partial charge in [0.1, 0.15) is 11.4 Å². The molecule has 0 radical (unpaired) electrons. The molecule has 1 amide bonds. The Morgan fingerprint density at radius 2 is 1.71 bits per heavy atom. The van der Waals surface area contributed by atoms with Gasteiger partial charge in [0.2, 0.25) is 0 Å². The molecular formula is C18H17ClFNO3. The molecule has 2 aromatic carbocycles. The Kier molecular flexibility index (Phi) is 5.24. The number of anilines is 1. The van der Waals surface area contributed by atoms with Gasteiger partial charge < -0.3 is 4.74 Å². The fourth-order valence-corrected chi connectivity index (χ4v) is 2.16. The zero-order valence-electron chi connectivity index (χ0n) is 13.5. The van der Waals surface area contributed by atoms with Gasteiger partial charge >= 0.3 is 6.09 Å². The highest BCUT2D eigenvalue weighted by Crippen LogP contribution is 2.24. The average Bonchev–Trinajstić information content (AvgIpc) is 2.45. The number of amides is 1. The van der Waals surface area contributed by atoms with Gasteiger partial charge in [0.05, 0.1) is 5.69 Å². The molecule has 0 bridgehead atoms. The first-order valence-corrected chi connectivity index (χ1v) is 7.63. The lowest BCUT2D eigenvalue weighted by Crippen LogP contribution is -2.27. The van der Waals surface area contributed by atoms with Crippen molar-refractivity contribution in [1.29, 1.82) is 0 Å². The summed E-state index contributed by atoms with van der Waals surface area (Å²) in [6.45, 7) is 5.19. The molecule has 4 nitrogen and oxygen atoms in total. The van der Waals surface area contributed by atoms with Crippen molar-refractivity contribution in [2.75, 3.05) is 5.32 Å². The zero-order valence-corrected chi connectivity index (χ0v) is 14.3. The van der Waals surface area contributed by atoms with Gasteiger partial charge in [0, 0.05) is 16.1 Å². The Hall–Kier alpha value is -2.40. The number of nitrogens with one attached hydrogen (secondary N) is 1. The number of halogens is 2. The molecule has 126 valence electrons. The van der Waals surface area contributed by atoms with Crippen molar-refractivity contribution in [1.82, 2.24) is 0 Å². The maximum absolute atomic E-state index is 13.0. The van der Waals surface area contributed by atoms with Crippen LogP contribution in [-0.2, 0) is 4.74 Å². The van der Waals surface area contributed by atoms with Crippen molar-refractivity contribution in [2.45, 2.75) is 26.4 Å². The maximum atomic E-state index is 13.0. The molecule has 0 aromatic heterocycles. The van der Waals surface area contributed by atoms with Crippen LogP contribution in [0.3, 0.4) is 0 Å². The number of carbonyl (C=O) groups is 2. The van der Waals surface area contributed by atoms with E-state index in [2.05, 4.69) is 5.32 Å². The average molecular weight is 350 g/mol. The Morgan fingerprint density at radius 1 is 1.08 bits per heavy atom. The van der Waals surface area contributed by atoms with Gasteiger partial charge in [-0.1, -0.05) is 11.6 Å². The smallest absolute Gasteiger partial charge is 0.412 e. The lowest BCUT2D eigenvalue weighted by atomic mass is 10.0. The molecular weight excluding hydrogens is 333 g/mol. The monoisotopic (exact) mass is 349 g/mol. The summed E-state index contributed by atoms with van der Waals surface area (Å²) < 4.78 is 18.2. The number of ketones is 1. The van der Waals surface area contributed by atoms with E-state index < -0.39 is 17.5 Å². The predicted molar refractivity (Wildman–Crippen MR) is 91.1 cm³/mol. The van der Waals surface area contributed by atoms with Gasteiger partial charge in [0.25, 0.3) is 0 Å². The normalized spacial score (nSPS) is 11.0. The van der Waals surface area contributed by atoms with Crippen LogP contribution in [0.4, 0.5) is 14.9 Å². The van der Waals surface area contributed by atoms with E-state index >= 15 is 0 Å². The largest absolute Gasteiger partial charge is 0.444 e. The molecule has 0 aliphatic rings. The van der Waals surface area contributed by atoms with E-state index in [-0.39, 0.29) is 17.0 Å². The minimum absolute atomic E-state index is 0.228. The Labute approximate surface area is 144 Å². The summed E-state index contributed by atoms with van der Waals surface area (Å²) in [6, 6.07) is 9.66. The van der Waals surface area contributed by atoms with E-state index in [0.717, 1.165) is 0 Å². The number of ether oxygens (including phenoxy) is 1. The van der Waals surface area contributed by atoms with Gasteiger partial charge in [-0.05, 0) is 63.2 Å². The van der Waals surface area contributed by atoms with E-state index in [0.29, 0.717) is 10.6 Å². The van der Waals surface area contributed by atoms with Crippen LogP contribution in [0.15, 0.2) is 42.5 Å². The van der Waals surface area contributed by atoms with Crippen LogP contribution >= 0.6 is 11.6 Å². The Morgan fingerprint density at radius 3 is 2.29 bits per heavy atom. The standard InChI is InChI=1S/C18H17ClFNO3/c1-18(2,3)24-17(23)21-15-10-12(19)6-9-14(15)16(22)11-4-7-13(20)8-5-11/h4-10H,1-3H3,(H,21,23). The summed E-state index contributed by atoms with van der Waals surface area (Å²) in [4.78, 5) is 24.6. The first-order valence-electron chi connectivity index (χ1n) is 7.25. The Balaban J connectivity index is 2.32. The van der Waals surface area contributed by atoms with Crippen LogP contribution in [-0.4, -0.2) is 17.5 Å². The molecule has 0 aliphatic heterocycles. The highest BCUT2D eigenvalue weighted by molar-refractivity contribution is 6.31. The lowest BCUT2D eigenvalue weighted by Gasteiger charge is -2.20.